The van der Waals surface area contributed by atoms with Crippen LogP contribution < -0.4 is 10.6 Å². The molecule has 5 rings (SSSR count). The zero-order valence-corrected chi connectivity index (χ0v) is 21.7. The molecule has 0 bridgehead atoms. The quantitative estimate of drug-likeness (QED) is 0.221. The number of fused-ring (bicyclic) bond motifs is 1. The Labute approximate surface area is 225 Å². The maximum absolute atomic E-state index is 13.2. The van der Waals surface area contributed by atoms with Gasteiger partial charge in [-0.15, -0.1) is 5.10 Å². The van der Waals surface area contributed by atoms with E-state index in [9.17, 15) is 9.59 Å². The molecule has 3 aromatic carbocycles. The van der Waals surface area contributed by atoms with Crippen molar-refractivity contribution < 1.29 is 9.59 Å². The summed E-state index contributed by atoms with van der Waals surface area (Å²) in [7, 11) is 1.65. The van der Waals surface area contributed by atoms with Crippen molar-refractivity contribution in [1.29, 1.82) is 0 Å². The summed E-state index contributed by atoms with van der Waals surface area (Å²) in [4.78, 5) is 32.8. The van der Waals surface area contributed by atoms with Crippen molar-refractivity contribution in [2.24, 2.45) is 0 Å². The standard InChI is InChI=1S/C29H30N8O2/c1-30-27(38)10-4-2-3-9-25(34-29(39)21-13-15-24(16-14-21)37-19-32-35-36-37)28-31-18-26(33-28)23-12-11-20-7-5-6-8-22(20)17-23/h5-8,11-19,25H,2-4,9-10H2,1H3,(H,30,38)(H,31,33)(H,34,39)/t25-/m0/s1. The molecule has 2 aromatic heterocycles. The highest BCUT2D eigenvalue weighted by Crippen LogP contribution is 2.26. The average Bonchev–Trinajstić information content (AvgIpc) is 3.69. The Morgan fingerprint density at radius 2 is 1.79 bits per heavy atom. The van der Waals surface area contributed by atoms with Crippen LogP contribution in [0, 0.1) is 0 Å². The van der Waals surface area contributed by atoms with Gasteiger partial charge in [0, 0.05) is 24.6 Å². The van der Waals surface area contributed by atoms with Crippen LogP contribution >= 0.6 is 0 Å². The van der Waals surface area contributed by atoms with Gasteiger partial charge < -0.3 is 15.6 Å². The molecule has 0 saturated carbocycles. The first-order chi connectivity index (χ1) is 19.1. The van der Waals surface area contributed by atoms with Gasteiger partial charge in [0.2, 0.25) is 5.91 Å². The first-order valence-electron chi connectivity index (χ1n) is 13.0. The Balaban J connectivity index is 1.31. The molecule has 5 aromatic rings. The third kappa shape index (κ3) is 6.35. The second kappa shape index (κ2) is 12.1. The topological polar surface area (TPSA) is 130 Å². The fourth-order valence-electron chi connectivity index (χ4n) is 4.52. The fraction of sp³-hybridized carbons (Fsp3) is 0.241. The highest BCUT2D eigenvalue weighted by atomic mass is 16.2. The van der Waals surface area contributed by atoms with Crippen molar-refractivity contribution in [2.45, 2.75) is 38.1 Å². The number of hydrogen-bond donors (Lipinski definition) is 3. The van der Waals surface area contributed by atoms with E-state index in [2.05, 4.69) is 66.5 Å². The minimum atomic E-state index is -0.314. The number of aromatic nitrogens is 6. The summed E-state index contributed by atoms with van der Waals surface area (Å²) >= 11 is 0. The Hall–Kier alpha value is -4.86. The molecule has 39 heavy (non-hydrogen) atoms. The molecule has 0 aliphatic rings. The summed E-state index contributed by atoms with van der Waals surface area (Å²) in [5, 5.41) is 19.3. The van der Waals surface area contributed by atoms with Crippen LogP contribution in [0.25, 0.3) is 27.7 Å². The van der Waals surface area contributed by atoms with Gasteiger partial charge in [0.05, 0.1) is 23.6 Å². The molecule has 10 nitrogen and oxygen atoms in total. The van der Waals surface area contributed by atoms with Crippen molar-refractivity contribution in [3.05, 3.63) is 90.6 Å². The van der Waals surface area contributed by atoms with E-state index in [-0.39, 0.29) is 17.9 Å². The van der Waals surface area contributed by atoms with Crippen molar-refractivity contribution >= 4 is 22.6 Å². The first kappa shape index (κ1) is 25.8. The first-order valence-corrected chi connectivity index (χ1v) is 13.0. The number of aromatic amines is 1. The van der Waals surface area contributed by atoms with E-state index in [1.54, 1.807) is 31.3 Å². The Morgan fingerprint density at radius 1 is 0.974 bits per heavy atom. The van der Waals surface area contributed by atoms with Crippen LogP contribution in [-0.2, 0) is 4.79 Å². The largest absolute Gasteiger partial charge is 0.359 e. The van der Waals surface area contributed by atoms with Crippen molar-refractivity contribution in [3.8, 4) is 16.9 Å². The predicted octanol–water partition coefficient (Wildman–Crippen LogP) is 4.37. The second-order valence-corrected chi connectivity index (χ2v) is 9.34. The Bertz CT molecular complexity index is 1540. The number of rotatable bonds is 11. The molecule has 198 valence electrons. The van der Waals surface area contributed by atoms with Gasteiger partial charge in [-0.05, 0) is 64.4 Å². The number of hydrogen-bond acceptors (Lipinski definition) is 6. The maximum atomic E-state index is 13.2. The van der Waals surface area contributed by atoms with Crippen LogP contribution in [0.3, 0.4) is 0 Å². The molecule has 0 spiro atoms. The lowest BCUT2D eigenvalue weighted by Crippen LogP contribution is -2.29. The number of H-pyrrole nitrogens is 1. The van der Waals surface area contributed by atoms with Crippen molar-refractivity contribution in [3.63, 3.8) is 0 Å². The molecule has 3 N–H and O–H groups in total. The zero-order valence-electron chi connectivity index (χ0n) is 21.7. The molecule has 0 saturated heterocycles. The van der Waals surface area contributed by atoms with E-state index in [4.69, 9.17) is 0 Å². The minimum absolute atomic E-state index is 0.0380. The van der Waals surface area contributed by atoms with E-state index in [1.165, 1.54) is 16.4 Å². The smallest absolute Gasteiger partial charge is 0.251 e. The molecule has 0 radical (unpaired) electrons. The third-order valence-electron chi connectivity index (χ3n) is 6.71. The third-order valence-corrected chi connectivity index (χ3v) is 6.71. The van der Waals surface area contributed by atoms with Crippen LogP contribution in [0.2, 0.25) is 0 Å². The number of amides is 2. The number of tetrazole rings is 1. The lowest BCUT2D eigenvalue weighted by molar-refractivity contribution is -0.120. The molecule has 0 aliphatic carbocycles. The molecule has 0 unspecified atom stereocenters. The maximum Gasteiger partial charge on any atom is 0.251 e. The molecule has 0 aliphatic heterocycles. The number of nitrogens with zero attached hydrogens (tertiary/aromatic N) is 5. The van der Waals surface area contributed by atoms with Crippen LogP contribution in [-0.4, -0.2) is 49.0 Å². The van der Waals surface area contributed by atoms with Crippen LogP contribution in [0.1, 0.15) is 54.3 Å². The highest BCUT2D eigenvalue weighted by Gasteiger charge is 2.19. The Morgan fingerprint density at radius 3 is 2.56 bits per heavy atom. The predicted molar refractivity (Wildman–Crippen MR) is 148 cm³/mol. The number of carbonyl (C=O) groups is 2. The van der Waals surface area contributed by atoms with E-state index >= 15 is 0 Å². The number of imidazole rings is 1. The summed E-state index contributed by atoms with van der Waals surface area (Å²) in [6, 6.07) is 21.3. The van der Waals surface area contributed by atoms with Crippen LogP contribution in [0.4, 0.5) is 0 Å². The number of carbonyl (C=O) groups excluding carboxylic acids is 2. The summed E-state index contributed by atoms with van der Waals surface area (Å²) < 4.78 is 1.53. The van der Waals surface area contributed by atoms with Gasteiger partial charge in [-0.3, -0.25) is 9.59 Å². The SMILES string of the molecule is CNC(=O)CCCCC[C@H](NC(=O)c1ccc(-n2cnnn2)cc1)c1ncc(-c2ccc3ccccc3c2)[nH]1. The molecular formula is C29H30N8O2. The van der Waals surface area contributed by atoms with Gasteiger partial charge in [-0.2, -0.15) is 0 Å². The van der Waals surface area contributed by atoms with E-state index < -0.39 is 0 Å². The van der Waals surface area contributed by atoms with E-state index in [1.807, 2.05) is 18.3 Å². The highest BCUT2D eigenvalue weighted by molar-refractivity contribution is 5.94. The van der Waals surface area contributed by atoms with Crippen LogP contribution in [0.15, 0.2) is 79.3 Å². The monoisotopic (exact) mass is 522 g/mol. The van der Waals surface area contributed by atoms with Gasteiger partial charge >= 0.3 is 0 Å². The molecule has 2 heterocycles. The van der Waals surface area contributed by atoms with Gasteiger partial charge in [-0.1, -0.05) is 49.2 Å². The van der Waals surface area contributed by atoms with Gasteiger partial charge in [0.15, 0.2) is 0 Å². The lowest BCUT2D eigenvalue weighted by atomic mass is 10.0. The molecule has 2 amide bonds. The minimum Gasteiger partial charge on any atom is -0.359 e. The summed E-state index contributed by atoms with van der Waals surface area (Å²) in [5.41, 5.74) is 3.20. The average molecular weight is 523 g/mol. The Kier molecular flexibility index (Phi) is 8.01. The second-order valence-electron chi connectivity index (χ2n) is 9.34. The normalized spacial score (nSPS) is 11.8. The zero-order chi connectivity index (χ0) is 27.0. The number of benzene rings is 3. The summed E-state index contributed by atoms with van der Waals surface area (Å²) in [6.07, 6.45) is 7.00. The van der Waals surface area contributed by atoms with Gasteiger partial charge in [0.1, 0.15) is 12.2 Å². The molecule has 0 fully saturated rings. The van der Waals surface area contributed by atoms with Gasteiger partial charge in [0.25, 0.3) is 5.91 Å². The van der Waals surface area contributed by atoms with Gasteiger partial charge in [-0.25, -0.2) is 9.67 Å². The van der Waals surface area contributed by atoms with Crippen LogP contribution in [0.5, 0.6) is 0 Å². The van der Waals surface area contributed by atoms with Crippen molar-refractivity contribution in [1.82, 2.24) is 40.8 Å². The lowest BCUT2D eigenvalue weighted by Gasteiger charge is -2.17. The number of unbranched alkanes of at least 4 members (excludes halogenated alkanes) is 2. The summed E-state index contributed by atoms with van der Waals surface area (Å²) in [5.74, 6) is 0.538. The molecule has 10 heteroatoms. The summed E-state index contributed by atoms with van der Waals surface area (Å²) in [6.45, 7) is 0. The molecular weight excluding hydrogens is 492 g/mol. The van der Waals surface area contributed by atoms with E-state index in [0.717, 1.165) is 41.6 Å². The molecule has 1 atom stereocenters. The number of nitrogens with one attached hydrogen (secondary N) is 3. The van der Waals surface area contributed by atoms with E-state index in [0.29, 0.717) is 24.2 Å². The fourth-order valence-corrected chi connectivity index (χ4v) is 4.52. The van der Waals surface area contributed by atoms with Crippen molar-refractivity contribution in [2.75, 3.05) is 7.05 Å².